The van der Waals surface area contributed by atoms with Gasteiger partial charge in [0.1, 0.15) is 11.5 Å². The van der Waals surface area contributed by atoms with E-state index in [1.165, 1.54) is 0 Å². The van der Waals surface area contributed by atoms with Gasteiger partial charge in [0.15, 0.2) is 0 Å². The fourth-order valence-corrected chi connectivity index (χ4v) is 1.89. The fraction of sp³-hybridized carbons (Fsp3) is 0.357. The molecule has 0 radical (unpaired) electrons. The van der Waals surface area contributed by atoms with Gasteiger partial charge in [-0.25, -0.2) is 0 Å². The molecule has 1 aromatic heterocycles. The van der Waals surface area contributed by atoms with Gasteiger partial charge in [-0.15, -0.1) is 0 Å². The van der Waals surface area contributed by atoms with Crippen molar-refractivity contribution in [3.63, 3.8) is 0 Å². The van der Waals surface area contributed by atoms with Crippen LogP contribution in [0.2, 0.25) is 0 Å². The molecular weight excluding hydrogens is 228 g/mol. The molecule has 0 amide bonds. The lowest BCUT2D eigenvalue weighted by Gasteiger charge is -2.16. The van der Waals surface area contributed by atoms with E-state index in [1.807, 2.05) is 31.2 Å². The molecule has 1 heterocycles. The molecule has 1 unspecified atom stereocenters. The molecule has 2 aromatic rings. The van der Waals surface area contributed by atoms with Crippen LogP contribution in [0.15, 0.2) is 34.9 Å². The van der Waals surface area contributed by atoms with Crippen molar-refractivity contribution in [2.75, 3.05) is 7.11 Å². The molecule has 4 heteroatoms. The number of ether oxygens (including phenoxy) is 1. The average molecular weight is 246 g/mol. The van der Waals surface area contributed by atoms with Gasteiger partial charge in [-0.3, -0.25) is 0 Å². The molecule has 1 atom stereocenters. The summed E-state index contributed by atoms with van der Waals surface area (Å²) in [5, 5.41) is 7.36. The van der Waals surface area contributed by atoms with Crippen LogP contribution in [0.3, 0.4) is 0 Å². The lowest BCUT2D eigenvalue weighted by molar-refractivity contribution is 0.383. The molecule has 1 aromatic carbocycles. The second kappa shape index (κ2) is 5.69. The molecule has 4 nitrogen and oxygen atoms in total. The van der Waals surface area contributed by atoms with E-state index >= 15 is 0 Å². The van der Waals surface area contributed by atoms with Crippen molar-refractivity contribution in [3.8, 4) is 5.75 Å². The summed E-state index contributed by atoms with van der Waals surface area (Å²) >= 11 is 0. The Morgan fingerprint density at radius 1 is 1.39 bits per heavy atom. The van der Waals surface area contributed by atoms with Crippen molar-refractivity contribution in [3.05, 3.63) is 47.3 Å². The van der Waals surface area contributed by atoms with Crippen molar-refractivity contribution >= 4 is 0 Å². The van der Waals surface area contributed by atoms with Crippen molar-refractivity contribution in [2.45, 2.75) is 26.4 Å². The molecule has 0 saturated heterocycles. The van der Waals surface area contributed by atoms with E-state index < -0.39 is 0 Å². The molecular formula is C14H18N2O2. The highest BCUT2D eigenvalue weighted by molar-refractivity contribution is 5.35. The largest absolute Gasteiger partial charge is 0.496 e. The number of hydrogen-bond acceptors (Lipinski definition) is 4. The summed E-state index contributed by atoms with van der Waals surface area (Å²) in [5.74, 6) is 1.73. The van der Waals surface area contributed by atoms with Crippen LogP contribution < -0.4 is 10.1 Å². The van der Waals surface area contributed by atoms with Gasteiger partial charge < -0.3 is 14.6 Å². The van der Waals surface area contributed by atoms with E-state index in [0.29, 0.717) is 6.54 Å². The lowest BCUT2D eigenvalue weighted by atomic mass is 10.1. The third-order valence-electron chi connectivity index (χ3n) is 2.87. The van der Waals surface area contributed by atoms with Crippen molar-refractivity contribution < 1.29 is 9.26 Å². The van der Waals surface area contributed by atoms with E-state index in [4.69, 9.17) is 9.26 Å². The Bertz CT molecular complexity index is 508. The number of hydrogen-bond donors (Lipinski definition) is 1. The maximum Gasteiger partial charge on any atom is 0.133 e. The van der Waals surface area contributed by atoms with Crippen LogP contribution >= 0.6 is 0 Å². The van der Waals surface area contributed by atoms with Crippen LogP contribution in [0.4, 0.5) is 0 Å². The molecule has 0 aliphatic rings. The monoisotopic (exact) mass is 246 g/mol. The number of aromatic nitrogens is 1. The predicted molar refractivity (Wildman–Crippen MR) is 69.5 cm³/mol. The van der Waals surface area contributed by atoms with Crippen LogP contribution in [0.25, 0.3) is 0 Å². The summed E-state index contributed by atoms with van der Waals surface area (Å²) in [6, 6.07) is 10.1. The summed E-state index contributed by atoms with van der Waals surface area (Å²) < 4.78 is 10.4. The van der Waals surface area contributed by atoms with Gasteiger partial charge in [0, 0.05) is 24.2 Å². The Balaban J connectivity index is 2.01. The van der Waals surface area contributed by atoms with Crippen LogP contribution in [0, 0.1) is 6.92 Å². The highest BCUT2D eigenvalue weighted by atomic mass is 16.5. The average Bonchev–Trinajstić information content (AvgIpc) is 2.81. The van der Waals surface area contributed by atoms with Gasteiger partial charge in [0.25, 0.3) is 0 Å². The molecule has 96 valence electrons. The first-order valence-electron chi connectivity index (χ1n) is 5.99. The maximum absolute atomic E-state index is 5.35. The topological polar surface area (TPSA) is 47.3 Å². The minimum absolute atomic E-state index is 0.193. The number of aryl methyl sites for hydroxylation is 1. The standard InChI is InChI=1S/C14H18N2O2/c1-10-8-12(16-18-10)9-15-11(2)13-6-4-5-7-14(13)17-3/h4-8,11,15H,9H2,1-3H3. The van der Waals surface area contributed by atoms with Gasteiger partial charge in [0.05, 0.1) is 12.8 Å². The molecule has 0 bridgehead atoms. The SMILES string of the molecule is COc1ccccc1C(C)NCc1cc(C)on1. The van der Waals surface area contributed by atoms with Gasteiger partial charge in [-0.2, -0.15) is 0 Å². The second-order valence-corrected chi connectivity index (χ2v) is 4.27. The van der Waals surface area contributed by atoms with Gasteiger partial charge in [0.2, 0.25) is 0 Å². The third kappa shape index (κ3) is 2.90. The minimum Gasteiger partial charge on any atom is -0.496 e. The molecule has 18 heavy (non-hydrogen) atoms. The van der Waals surface area contributed by atoms with E-state index in [2.05, 4.69) is 23.5 Å². The molecule has 0 saturated carbocycles. The summed E-state index contributed by atoms with van der Waals surface area (Å²) in [5.41, 5.74) is 2.05. The molecule has 0 fully saturated rings. The quantitative estimate of drug-likeness (QED) is 0.881. The van der Waals surface area contributed by atoms with E-state index in [1.54, 1.807) is 7.11 Å². The maximum atomic E-state index is 5.35. The smallest absolute Gasteiger partial charge is 0.133 e. The zero-order chi connectivity index (χ0) is 13.0. The highest BCUT2D eigenvalue weighted by Crippen LogP contribution is 2.24. The summed E-state index contributed by atoms with van der Waals surface area (Å²) in [6.07, 6.45) is 0. The number of methoxy groups -OCH3 is 1. The number of nitrogens with zero attached hydrogens (tertiary/aromatic N) is 1. The molecule has 0 aliphatic heterocycles. The van der Waals surface area contributed by atoms with Gasteiger partial charge in [-0.1, -0.05) is 23.4 Å². The Hall–Kier alpha value is -1.81. The summed E-state index contributed by atoms with van der Waals surface area (Å²) in [6.45, 7) is 4.67. The van der Waals surface area contributed by atoms with Crippen LogP contribution in [-0.4, -0.2) is 12.3 Å². The van der Waals surface area contributed by atoms with Crippen molar-refractivity contribution in [1.82, 2.24) is 10.5 Å². The zero-order valence-corrected chi connectivity index (χ0v) is 10.9. The molecule has 1 N–H and O–H groups in total. The molecule has 0 aliphatic carbocycles. The Labute approximate surface area is 107 Å². The van der Waals surface area contributed by atoms with Crippen LogP contribution in [-0.2, 0) is 6.54 Å². The first kappa shape index (κ1) is 12.6. The first-order valence-corrected chi connectivity index (χ1v) is 5.99. The van der Waals surface area contributed by atoms with Gasteiger partial charge in [-0.05, 0) is 19.9 Å². The summed E-state index contributed by atoms with van der Waals surface area (Å²) in [4.78, 5) is 0. The normalized spacial score (nSPS) is 12.4. The Kier molecular flexibility index (Phi) is 3.99. The van der Waals surface area contributed by atoms with Crippen LogP contribution in [0.1, 0.15) is 30.0 Å². The summed E-state index contributed by atoms with van der Waals surface area (Å²) in [7, 11) is 1.69. The van der Waals surface area contributed by atoms with E-state index in [0.717, 1.165) is 22.8 Å². The second-order valence-electron chi connectivity index (χ2n) is 4.27. The van der Waals surface area contributed by atoms with Gasteiger partial charge >= 0.3 is 0 Å². The predicted octanol–water partition coefficient (Wildman–Crippen LogP) is 2.84. The van der Waals surface area contributed by atoms with Crippen molar-refractivity contribution in [1.29, 1.82) is 0 Å². The van der Waals surface area contributed by atoms with E-state index in [-0.39, 0.29) is 6.04 Å². The Morgan fingerprint density at radius 2 is 2.17 bits per heavy atom. The third-order valence-corrected chi connectivity index (χ3v) is 2.87. The fourth-order valence-electron chi connectivity index (χ4n) is 1.89. The number of rotatable bonds is 5. The van der Waals surface area contributed by atoms with Crippen LogP contribution in [0.5, 0.6) is 5.75 Å². The Morgan fingerprint density at radius 3 is 2.83 bits per heavy atom. The van der Waals surface area contributed by atoms with E-state index in [9.17, 15) is 0 Å². The minimum atomic E-state index is 0.193. The number of nitrogens with one attached hydrogen (secondary N) is 1. The zero-order valence-electron chi connectivity index (χ0n) is 10.9. The molecule has 0 spiro atoms. The first-order chi connectivity index (χ1) is 8.70. The highest BCUT2D eigenvalue weighted by Gasteiger charge is 2.10. The lowest BCUT2D eigenvalue weighted by Crippen LogP contribution is -2.18. The number of para-hydroxylation sites is 1. The van der Waals surface area contributed by atoms with Crippen molar-refractivity contribution in [2.24, 2.45) is 0 Å². The molecule has 2 rings (SSSR count). The number of benzene rings is 1.